The molecule has 2 N–H and O–H groups in total. The highest BCUT2D eigenvalue weighted by atomic mass is 16.5. The molecule has 1 fully saturated rings. The zero-order chi connectivity index (χ0) is 15.5. The lowest BCUT2D eigenvalue weighted by molar-refractivity contribution is -0.148. The van der Waals surface area contributed by atoms with Crippen LogP contribution in [0.4, 0.5) is 0 Å². The van der Waals surface area contributed by atoms with Gasteiger partial charge in [0.15, 0.2) is 5.54 Å². The highest BCUT2D eigenvalue weighted by Gasteiger charge is 2.40. The third kappa shape index (κ3) is 3.63. The number of benzene rings is 1. The number of hydrogen-bond acceptors (Lipinski definition) is 4. The number of methoxy groups -OCH3 is 1. The molecule has 1 aliphatic heterocycles. The van der Waals surface area contributed by atoms with E-state index < -0.39 is 5.54 Å². The van der Waals surface area contributed by atoms with E-state index in [0.717, 1.165) is 25.1 Å². The molecule has 1 aromatic rings. The molecule has 1 heterocycles. The first-order valence-corrected chi connectivity index (χ1v) is 7.53. The standard InChI is InChI=1S/C17H26N2O2/c1-16(2)10-7-11-19(12-16)13-17(18,15(20)21-3)14-8-5-4-6-9-14/h4-6,8-9H,7,10-13,18H2,1-3H3. The summed E-state index contributed by atoms with van der Waals surface area (Å²) in [5.74, 6) is -0.378. The van der Waals surface area contributed by atoms with Crippen LogP contribution < -0.4 is 5.73 Å². The van der Waals surface area contributed by atoms with Gasteiger partial charge in [-0.3, -0.25) is 0 Å². The number of likely N-dealkylation sites (tertiary alicyclic amines) is 1. The SMILES string of the molecule is COC(=O)C(N)(CN1CCCC(C)(C)C1)c1ccccc1. The van der Waals surface area contributed by atoms with Crippen LogP contribution in [0.15, 0.2) is 30.3 Å². The Morgan fingerprint density at radius 1 is 1.38 bits per heavy atom. The first kappa shape index (κ1) is 16.0. The quantitative estimate of drug-likeness (QED) is 0.863. The molecule has 0 amide bonds. The molecule has 1 saturated heterocycles. The fraction of sp³-hybridized carbons (Fsp3) is 0.588. The summed E-state index contributed by atoms with van der Waals surface area (Å²) >= 11 is 0. The molecular weight excluding hydrogens is 264 g/mol. The van der Waals surface area contributed by atoms with E-state index in [4.69, 9.17) is 10.5 Å². The van der Waals surface area contributed by atoms with E-state index in [-0.39, 0.29) is 11.4 Å². The number of carbonyl (C=O) groups excluding carboxylic acids is 1. The second-order valence-corrected chi connectivity index (χ2v) is 6.81. The molecule has 1 aliphatic rings. The summed E-state index contributed by atoms with van der Waals surface area (Å²) in [5.41, 5.74) is 6.44. The maximum absolute atomic E-state index is 12.3. The first-order chi connectivity index (χ1) is 9.87. The number of carbonyl (C=O) groups is 1. The van der Waals surface area contributed by atoms with Crippen LogP contribution in [0.25, 0.3) is 0 Å². The van der Waals surface area contributed by atoms with Gasteiger partial charge < -0.3 is 15.4 Å². The van der Waals surface area contributed by atoms with Gasteiger partial charge in [-0.1, -0.05) is 44.2 Å². The van der Waals surface area contributed by atoms with Crippen molar-refractivity contribution in [2.75, 3.05) is 26.7 Å². The predicted molar refractivity (Wildman–Crippen MR) is 83.8 cm³/mol. The van der Waals surface area contributed by atoms with Gasteiger partial charge in [0.25, 0.3) is 0 Å². The maximum atomic E-state index is 12.3. The molecule has 0 aromatic heterocycles. The summed E-state index contributed by atoms with van der Waals surface area (Å²) in [6.45, 7) is 6.95. The monoisotopic (exact) mass is 290 g/mol. The Hall–Kier alpha value is -1.39. The fourth-order valence-corrected chi connectivity index (χ4v) is 3.22. The number of nitrogens with two attached hydrogens (primary N) is 1. The number of ether oxygens (including phenoxy) is 1. The van der Waals surface area contributed by atoms with Gasteiger partial charge in [0, 0.05) is 13.1 Å². The van der Waals surface area contributed by atoms with Crippen molar-refractivity contribution in [3.63, 3.8) is 0 Å². The Kier molecular flexibility index (Phi) is 4.69. The Bertz CT molecular complexity index is 487. The molecule has 0 bridgehead atoms. The minimum Gasteiger partial charge on any atom is -0.467 e. The zero-order valence-corrected chi connectivity index (χ0v) is 13.3. The van der Waals surface area contributed by atoms with Crippen LogP contribution in [0.5, 0.6) is 0 Å². The number of nitrogens with zero attached hydrogens (tertiary/aromatic N) is 1. The van der Waals surface area contributed by atoms with Crippen molar-refractivity contribution in [3.05, 3.63) is 35.9 Å². The Morgan fingerprint density at radius 2 is 2.05 bits per heavy atom. The van der Waals surface area contributed by atoms with Gasteiger partial charge in [0.2, 0.25) is 0 Å². The minimum absolute atomic E-state index is 0.270. The third-order valence-corrected chi connectivity index (χ3v) is 4.29. The van der Waals surface area contributed by atoms with Crippen molar-refractivity contribution < 1.29 is 9.53 Å². The lowest BCUT2D eigenvalue weighted by Gasteiger charge is -2.41. The minimum atomic E-state index is -1.11. The van der Waals surface area contributed by atoms with Crippen molar-refractivity contribution in [2.45, 2.75) is 32.2 Å². The fourth-order valence-electron chi connectivity index (χ4n) is 3.22. The van der Waals surface area contributed by atoms with Gasteiger partial charge in [-0.2, -0.15) is 0 Å². The van der Waals surface area contributed by atoms with E-state index in [9.17, 15) is 4.79 Å². The molecule has 1 atom stereocenters. The summed E-state index contributed by atoms with van der Waals surface area (Å²) in [7, 11) is 1.40. The molecule has 0 aliphatic carbocycles. The molecule has 116 valence electrons. The molecule has 0 saturated carbocycles. The van der Waals surface area contributed by atoms with Crippen molar-refractivity contribution in [1.82, 2.24) is 4.90 Å². The smallest absolute Gasteiger partial charge is 0.331 e. The van der Waals surface area contributed by atoms with E-state index >= 15 is 0 Å². The van der Waals surface area contributed by atoms with Gasteiger partial charge in [-0.05, 0) is 30.4 Å². The highest BCUT2D eigenvalue weighted by Crippen LogP contribution is 2.31. The summed E-state index contributed by atoms with van der Waals surface area (Å²) in [6.07, 6.45) is 2.35. The van der Waals surface area contributed by atoms with Crippen LogP contribution in [0.3, 0.4) is 0 Å². The van der Waals surface area contributed by atoms with Crippen molar-refractivity contribution in [3.8, 4) is 0 Å². The Balaban J connectivity index is 2.23. The van der Waals surface area contributed by atoms with E-state index in [1.165, 1.54) is 13.5 Å². The molecule has 4 nitrogen and oxygen atoms in total. The summed E-state index contributed by atoms with van der Waals surface area (Å²) in [6, 6.07) is 9.52. The third-order valence-electron chi connectivity index (χ3n) is 4.29. The molecule has 2 rings (SSSR count). The van der Waals surface area contributed by atoms with Gasteiger partial charge in [0.1, 0.15) is 0 Å². The van der Waals surface area contributed by atoms with Crippen molar-refractivity contribution in [1.29, 1.82) is 0 Å². The first-order valence-electron chi connectivity index (χ1n) is 7.53. The van der Waals surface area contributed by atoms with Gasteiger partial charge in [-0.15, -0.1) is 0 Å². The molecule has 4 heteroatoms. The van der Waals surface area contributed by atoms with Crippen LogP contribution >= 0.6 is 0 Å². The molecular formula is C17H26N2O2. The maximum Gasteiger partial charge on any atom is 0.331 e. The molecule has 0 radical (unpaired) electrons. The summed E-state index contributed by atoms with van der Waals surface area (Å²) in [4.78, 5) is 14.6. The molecule has 0 spiro atoms. The predicted octanol–water partition coefficient (Wildman–Crippen LogP) is 2.14. The average molecular weight is 290 g/mol. The van der Waals surface area contributed by atoms with E-state index in [1.54, 1.807) is 0 Å². The average Bonchev–Trinajstić information content (AvgIpc) is 2.46. The summed E-state index contributed by atoms with van der Waals surface area (Å²) < 4.78 is 4.97. The lowest BCUT2D eigenvalue weighted by atomic mass is 9.82. The van der Waals surface area contributed by atoms with E-state index in [1.807, 2.05) is 30.3 Å². The molecule has 1 aromatic carbocycles. The van der Waals surface area contributed by atoms with Gasteiger partial charge >= 0.3 is 5.97 Å². The number of piperidine rings is 1. The highest BCUT2D eigenvalue weighted by molar-refractivity contribution is 5.82. The normalized spacial score (nSPS) is 21.5. The second-order valence-electron chi connectivity index (χ2n) is 6.81. The molecule has 1 unspecified atom stereocenters. The van der Waals surface area contributed by atoms with Crippen LogP contribution in [-0.4, -0.2) is 37.6 Å². The van der Waals surface area contributed by atoms with Gasteiger partial charge in [0.05, 0.1) is 7.11 Å². The second kappa shape index (κ2) is 6.16. The largest absolute Gasteiger partial charge is 0.467 e. The van der Waals surface area contributed by atoms with E-state index in [0.29, 0.717) is 6.54 Å². The number of hydrogen-bond donors (Lipinski definition) is 1. The zero-order valence-electron chi connectivity index (χ0n) is 13.3. The number of rotatable bonds is 4. The number of esters is 1. The van der Waals surface area contributed by atoms with Crippen LogP contribution in [0.2, 0.25) is 0 Å². The Labute approximate surface area is 127 Å². The van der Waals surface area contributed by atoms with Crippen molar-refractivity contribution >= 4 is 5.97 Å². The van der Waals surface area contributed by atoms with E-state index in [2.05, 4.69) is 18.7 Å². The van der Waals surface area contributed by atoms with Crippen molar-refractivity contribution in [2.24, 2.45) is 11.1 Å². The van der Waals surface area contributed by atoms with Crippen LogP contribution in [-0.2, 0) is 15.1 Å². The molecule has 21 heavy (non-hydrogen) atoms. The lowest BCUT2D eigenvalue weighted by Crippen LogP contribution is -2.56. The van der Waals surface area contributed by atoms with Gasteiger partial charge in [-0.25, -0.2) is 4.79 Å². The van der Waals surface area contributed by atoms with Crippen LogP contribution in [0.1, 0.15) is 32.3 Å². The topological polar surface area (TPSA) is 55.6 Å². The van der Waals surface area contributed by atoms with Crippen LogP contribution in [0, 0.1) is 5.41 Å². The Morgan fingerprint density at radius 3 is 2.62 bits per heavy atom. The summed E-state index contributed by atoms with van der Waals surface area (Å²) in [5, 5.41) is 0.